The zero-order valence-electron chi connectivity index (χ0n) is 7.89. The van der Waals surface area contributed by atoms with Gasteiger partial charge in [0.25, 0.3) is 0 Å². The van der Waals surface area contributed by atoms with E-state index in [-0.39, 0.29) is 0 Å². The van der Waals surface area contributed by atoms with Crippen LogP contribution in [-0.4, -0.2) is 0 Å². The molecule has 0 saturated heterocycles. The first kappa shape index (κ1) is 6.86. The largest absolute Gasteiger partial charge is 0.103 e. The fourth-order valence-electron chi connectivity index (χ4n) is 4.96. The molecule has 0 aromatic rings. The van der Waals surface area contributed by atoms with Crippen molar-refractivity contribution in [3.8, 4) is 0 Å². The van der Waals surface area contributed by atoms with Crippen molar-refractivity contribution in [2.45, 2.75) is 12.8 Å². The lowest BCUT2D eigenvalue weighted by atomic mass is 9.82. The first-order chi connectivity index (χ1) is 6.42. The number of fused-ring (bicyclic) bond motifs is 8. The zero-order chi connectivity index (χ0) is 8.58. The Labute approximate surface area is 79.7 Å². The maximum Gasteiger partial charge on any atom is -0.0168 e. The van der Waals surface area contributed by atoms with Gasteiger partial charge in [0.1, 0.15) is 0 Å². The molecule has 7 unspecified atom stereocenters. The lowest BCUT2D eigenvalue weighted by Crippen LogP contribution is -2.18. The Balaban J connectivity index is 1.73. The van der Waals surface area contributed by atoms with E-state index in [4.69, 9.17) is 0 Å². The summed E-state index contributed by atoms with van der Waals surface area (Å²) in [5.74, 6) is 7.23. The van der Waals surface area contributed by atoms with E-state index in [1.165, 1.54) is 6.42 Å². The van der Waals surface area contributed by atoms with Crippen molar-refractivity contribution in [1.29, 1.82) is 0 Å². The van der Waals surface area contributed by atoms with Crippen LogP contribution < -0.4 is 0 Å². The molecule has 3 saturated carbocycles. The van der Waals surface area contributed by atoms with Gasteiger partial charge in [-0.3, -0.25) is 0 Å². The van der Waals surface area contributed by atoms with Gasteiger partial charge < -0.3 is 0 Å². The summed E-state index contributed by atoms with van der Waals surface area (Å²) >= 11 is 0. The van der Waals surface area contributed by atoms with Crippen LogP contribution in [0, 0.1) is 41.4 Å². The molecule has 0 heterocycles. The molecule has 3 fully saturated rings. The molecular weight excluding hydrogens is 156 g/mol. The van der Waals surface area contributed by atoms with Gasteiger partial charge in [0.05, 0.1) is 0 Å². The minimum atomic E-state index is 0.919. The van der Waals surface area contributed by atoms with E-state index in [2.05, 4.69) is 24.8 Å². The quantitative estimate of drug-likeness (QED) is 0.533. The predicted molar refractivity (Wildman–Crippen MR) is 53.0 cm³/mol. The van der Waals surface area contributed by atoms with E-state index < -0.39 is 0 Å². The van der Waals surface area contributed by atoms with E-state index in [1.807, 2.05) is 0 Å². The predicted octanol–water partition coefficient (Wildman–Crippen LogP) is 2.88. The Morgan fingerprint density at radius 1 is 1.15 bits per heavy atom. The highest BCUT2D eigenvalue weighted by Gasteiger charge is 2.69. The van der Waals surface area contributed by atoms with E-state index in [0.29, 0.717) is 0 Å². The van der Waals surface area contributed by atoms with Crippen LogP contribution in [0.2, 0.25) is 0 Å². The van der Waals surface area contributed by atoms with Gasteiger partial charge in [0.15, 0.2) is 0 Å². The smallest absolute Gasteiger partial charge is 0.0168 e. The van der Waals surface area contributed by atoms with E-state index in [1.54, 1.807) is 6.42 Å². The monoisotopic (exact) mass is 172 g/mol. The third-order valence-electron chi connectivity index (χ3n) is 5.30. The second-order valence-corrected chi connectivity index (χ2v) is 5.44. The average molecular weight is 172 g/mol. The van der Waals surface area contributed by atoms with Crippen LogP contribution in [0.1, 0.15) is 12.8 Å². The Morgan fingerprint density at radius 3 is 2.85 bits per heavy atom. The summed E-state index contributed by atoms with van der Waals surface area (Å²) in [5, 5.41) is 0. The number of allylic oxidation sites excluding steroid dienone is 3. The summed E-state index contributed by atoms with van der Waals surface area (Å²) in [7, 11) is 0. The van der Waals surface area contributed by atoms with Crippen molar-refractivity contribution in [2.75, 3.05) is 0 Å². The van der Waals surface area contributed by atoms with Gasteiger partial charge in [-0.15, -0.1) is 6.58 Å². The van der Waals surface area contributed by atoms with E-state index in [9.17, 15) is 0 Å². The van der Waals surface area contributed by atoms with E-state index >= 15 is 0 Å². The molecule has 0 spiro atoms. The standard InChI is InChI=1S/C13H16/c1-2-7-12-10-6-11(13(7)12)9-5-3-4-8(9)10/h2-4,7-13H,1,5-6H2. The Morgan fingerprint density at radius 2 is 2.00 bits per heavy atom. The molecule has 4 aliphatic carbocycles. The van der Waals surface area contributed by atoms with Crippen molar-refractivity contribution in [1.82, 2.24) is 0 Å². The van der Waals surface area contributed by atoms with Gasteiger partial charge in [0.2, 0.25) is 0 Å². The minimum absolute atomic E-state index is 0.919. The summed E-state index contributed by atoms with van der Waals surface area (Å²) in [6.45, 7) is 3.98. The maximum atomic E-state index is 3.98. The molecule has 0 radical (unpaired) electrons. The molecule has 0 aliphatic heterocycles. The first-order valence-corrected chi connectivity index (χ1v) is 5.71. The highest BCUT2D eigenvalue weighted by Crippen LogP contribution is 2.74. The van der Waals surface area contributed by atoms with Crippen molar-refractivity contribution in [3.05, 3.63) is 24.8 Å². The van der Waals surface area contributed by atoms with Crippen LogP contribution >= 0.6 is 0 Å². The third-order valence-corrected chi connectivity index (χ3v) is 5.30. The van der Waals surface area contributed by atoms with Gasteiger partial charge in [0, 0.05) is 0 Å². The Bertz CT molecular complexity index is 301. The minimum Gasteiger partial charge on any atom is -0.103 e. The van der Waals surface area contributed by atoms with Gasteiger partial charge >= 0.3 is 0 Å². The summed E-state index contributed by atoms with van der Waals surface area (Å²) < 4.78 is 0. The molecule has 0 amide bonds. The number of rotatable bonds is 1. The summed E-state index contributed by atoms with van der Waals surface area (Å²) in [6.07, 6.45) is 10.1. The normalized spacial score (nSPS) is 65.1. The van der Waals surface area contributed by atoms with Gasteiger partial charge in [-0.05, 0) is 54.3 Å². The first-order valence-electron chi connectivity index (χ1n) is 5.71. The molecule has 0 heteroatoms. The van der Waals surface area contributed by atoms with E-state index in [0.717, 1.165) is 41.4 Å². The highest BCUT2D eigenvalue weighted by atomic mass is 14.7. The van der Waals surface area contributed by atoms with Crippen molar-refractivity contribution in [3.63, 3.8) is 0 Å². The molecule has 0 aromatic carbocycles. The van der Waals surface area contributed by atoms with Crippen molar-refractivity contribution in [2.24, 2.45) is 41.4 Å². The molecule has 0 N–H and O–H groups in total. The lowest BCUT2D eigenvalue weighted by Gasteiger charge is -2.22. The molecule has 7 atom stereocenters. The molecule has 68 valence electrons. The van der Waals surface area contributed by atoms with Crippen LogP contribution in [0.25, 0.3) is 0 Å². The highest BCUT2D eigenvalue weighted by molar-refractivity contribution is 5.26. The molecule has 0 aromatic heterocycles. The molecule has 0 nitrogen and oxygen atoms in total. The fraction of sp³-hybridized carbons (Fsp3) is 0.692. The average Bonchev–Trinajstić information content (AvgIpc) is 2.57. The Hall–Kier alpha value is -0.520. The molecule has 2 bridgehead atoms. The Kier molecular flexibility index (Phi) is 1.03. The molecular formula is C13H16. The third kappa shape index (κ3) is 0.600. The number of hydrogen-bond donors (Lipinski definition) is 0. The molecule has 4 aliphatic rings. The topological polar surface area (TPSA) is 0 Å². The summed E-state index contributed by atoms with van der Waals surface area (Å²) in [4.78, 5) is 0. The zero-order valence-corrected chi connectivity index (χ0v) is 7.89. The van der Waals surface area contributed by atoms with Gasteiger partial charge in [-0.2, -0.15) is 0 Å². The summed E-state index contributed by atoms with van der Waals surface area (Å²) in [5.41, 5.74) is 0. The van der Waals surface area contributed by atoms with Crippen molar-refractivity contribution >= 4 is 0 Å². The molecule has 13 heavy (non-hydrogen) atoms. The van der Waals surface area contributed by atoms with Crippen molar-refractivity contribution < 1.29 is 0 Å². The SMILES string of the molecule is C=CC1C2C3CC(C4CC=CC43)C12. The second-order valence-electron chi connectivity index (χ2n) is 5.44. The van der Waals surface area contributed by atoms with Crippen LogP contribution in [0.3, 0.4) is 0 Å². The second kappa shape index (κ2) is 1.94. The van der Waals surface area contributed by atoms with Gasteiger partial charge in [-0.25, -0.2) is 0 Å². The van der Waals surface area contributed by atoms with Crippen LogP contribution in [0.4, 0.5) is 0 Å². The van der Waals surface area contributed by atoms with Crippen LogP contribution in [0.15, 0.2) is 24.8 Å². The maximum absolute atomic E-state index is 3.98. The lowest BCUT2D eigenvalue weighted by molar-refractivity contribution is 0.272. The molecule has 4 rings (SSSR count). The number of hydrogen-bond acceptors (Lipinski definition) is 0. The van der Waals surface area contributed by atoms with Crippen LogP contribution in [0.5, 0.6) is 0 Å². The summed E-state index contributed by atoms with van der Waals surface area (Å²) in [6, 6.07) is 0. The fourth-order valence-corrected chi connectivity index (χ4v) is 4.96. The van der Waals surface area contributed by atoms with Crippen LogP contribution in [-0.2, 0) is 0 Å². The van der Waals surface area contributed by atoms with Gasteiger partial charge in [-0.1, -0.05) is 18.2 Å².